The predicted molar refractivity (Wildman–Crippen MR) is 98.1 cm³/mol. The van der Waals surface area contributed by atoms with Crippen molar-refractivity contribution >= 4 is 0 Å². The third-order valence-electron chi connectivity index (χ3n) is 5.83. The number of benzene rings is 2. The monoisotopic (exact) mass is 386 g/mol. The Kier molecular flexibility index (Phi) is 4.21. The minimum Gasteiger partial charge on any atom is -0.504 e. The first kappa shape index (κ1) is 17.5. The first-order valence-corrected chi connectivity index (χ1v) is 9.28. The number of methoxy groups -OCH3 is 2. The molecule has 0 saturated carbocycles. The van der Waals surface area contributed by atoms with Crippen molar-refractivity contribution in [1.29, 1.82) is 0 Å². The van der Waals surface area contributed by atoms with E-state index in [4.69, 9.17) is 28.4 Å². The summed E-state index contributed by atoms with van der Waals surface area (Å²) in [7, 11) is 3.17. The second-order valence-electron chi connectivity index (χ2n) is 7.19. The number of hydrogen-bond acceptors (Lipinski definition) is 7. The summed E-state index contributed by atoms with van der Waals surface area (Å²) in [4.78, 5) is 0. The molecule has 7 nitrogen and oxygen atoms in total. The van der Waals surface area contributed by atoms with E-state index in [2.05, 4.69) is 0 Å². The van der Waals surface area contributed by atoms with Gasteiger partial charge in [-0.2, -0.15) is 0 Å². The van der Waals surface area contributed by atoms with Gasteiger partial charge in [0.25, 0.3) is 0 Å². The van der Waals surface area contributed by atoms with Crippen LogP contribution in [0, 0.1) is 11.8 Å². The molecule has 148 valence electrons. The SMILES string of the molecule is COc1cc(C2OCC3C(c4ccc5c(c4OC)OCO5)OCC23)ccc1O. The molecule has 1 N–H and O–H groups in total. The van der Waals surface area contributed by atoms with E-state index < -0.39 is 0 Å². The molecule has 4 atom stereocenters. The zero-order chi connectivity index (χ0) is 19.3. The summed E-state index contributed by atoms with van der Waals surface area (Å²) in [5.74, 6) is 2.94. The lowest BCUT2D eigenvalue weighted by molar-refractivity contribution is 0.0184. The second kappa shape index (κ2) is 6.76. The van der Waals surface area contributed by atoms with E-state index in [1.165, 1.54) is 7.11 Å². The molecule has 0 spiro atoms. The minimum atomic E-state index is -0.140. The third kappa shape index (κ3) is 2.57. The van der Waals surface area contributed by atoms with Gasteiger partial charge in [-0.05, 0) is 29.8 Å². The van der Waals surface area contributed by atoms with Gasteiger partial charge in [-0.3, -0.25) is 0 Å². The van der Waals surface area contributed by atoms with Crippen molar-refractivity contribution in [2.75, 3.05) is 34.2 Å². The fraction of sp³-hybridized carbons (Fsp3) is 0.429. The van der Waals surface area contributed by atoms with Gasteiger partial charge in [0.2, 0.25) is 12.5 Å². The van der Waals surface area contributed by atoms with E-state index in [1.807, 2.05) is 24.3 Å². The molecule has 5 rings (SSSR count). The van der Waals surface area contributed by atoms with Gasteiger partial charge >= 0.3 is 0 Å². The third-order valence-corrected chi connectivity index (χ3v) is 5.83. The van der Waals surface area contributed by atoms with Crippen LogP contribution in [0.2, 0.25) is 0 Å². The molecule has 0 amide bonds. The molecular weight excluding hydrogens is 364 g/mol. The van der Waals surface area contributed by atoms with Crippen molar-refractivity contribution in [3.63, 3.8) is 0 Å². The Morgan fingerprint density at radius 3 is 2.50 bits per heavy atom. The van der Waals surface area contributed by atoms with Gasteiger partial charge in [-0.1, -0.05) is 6.07 Å². The van der Waals surface area contributed by atoms with E-state index in [0.717, 1.165) is 11.1 Å². The van der Waals surface area contributed by atoms with Crippen molar-refractivity contribution < 1.29 is 33.5 Å². The van der Waals surface area contributed by atoms with Gasteiger partial charge in [-0.25, -0.2) is 0 Å². The summed E-state index contributed by atoms with van der Waals surface area (Å²) in [6, 6.07) is 9.22. The highest BCUT2D eigenvalue weighted by Crippen LogP contribution is 2.54. The number of phenolic OH excluding ortho intramolecular Hbond substituents is 1. The van der Waals surface area contributed by atoms with Crippen LogP contribution in [0.5, 0.6) is 28.7 Å². The maximum atomic E-state index is 9.86. The maximum absolute atomic E-state index is 9.86. The topological polar surface area (TPSA) is 75.6 Å². The van der Waals surface area contributed by atoms with Crippen LogP contribution in [0.4, 0.5) is 0 Å². The van der Waals surface area contributed by atoms with Gasteiger partial charge < -0.3 is 33.5 Å². The van der Waals surface area contributed by atoms with Crippen molar-refractivity contribution in [3.8, 4) is 28.7 Å². The lowest BCUT2D eigenvalue weighted by Gasteiger charge is -2.20. The van der Waals surface area contributed by atoms with Crippen molar-refractivity contribution in [2.45, 2.75) is 12.2 Å². The van der Waals surface area contributed by atoms with E-state index in [9.17, 15) is 5.11 Å². The van der Waals surface area contributed by atoms with Crippen LogP contribution in [0.1, 0.15) is 23.3 Å². The fourth-order valence-corrected chi connectivity index (χ4v) is 4.48. The molecule has 3 heterocycles. The average Bonchev–Trinajstić information content (AvgIpc) is 3.43. The van der Waals surface area contributed by atoms with E-state index in [-0.39, 0.29) is 36.6 Å². The number of hydrogen-bond donors (Lipinski definition) is 1. The molecular formula is C21H22O7. The van der Waals surface area contributed by atoms with Crippen LogP contribution in [-0.2, 0) is 9.47 Å². The maximum Gasteiger partial charge on any atom is 0.231 e. The van der Waals surface area contributed by atoms with Crippen LogP contribution in [-0.4, -0.2) is 39.3 Å². The van der Waals surface area contributed by atoms with Crippen molar-refractivity contribution in [1.82, 2.24) is 0 Å². The van der Waals surface area contributed by atoms with Crippen molar-refractivity contribution in [3.05, 3.63) is 41.5 Å². The Bertz CT molecular complexity index is 897. The molecule has 0 aliphatic carbocycles. The lowest BCUT2D eigenvalue weighted by Crippen LogP contribution is -2.15. The first-order chi connectivity index (χ1) is 13.7. The molecule has 3 aliphatic heterocycles. The van der Waals surface area contributed by atoms with E-state index in [0.29, 0.717) is 36.2 Å². The van der Waals surface area contributed by atoms with Gasteiger partial charge in [0, 0.05) is 17.4 Å². The molecule has 0 radical (unpaired) electrons. The Morgan fingerprint density at radius 1 is 0.929 bits per heavy atom. The Morgan fingerprint density at radius 2 is 1.71 bits per heavy atom. The van der Waals surface area contributed by atoms with Crippen molar-refractivity contribution in [2.24, 2.45) is 11.8 Å². The molecule has 2 saturated heterocycles. The van der Waals surface area contributed by atoms with E-state index >= 15 is 0 Å². The number of phenols is 1. The largest absolute Gasteiger partial charge is 0.504 e. The normalized spacial score (nSPS) is 27.6. The Hall–Kier alpha value is -2.64. The second-order valence-corrected chi connectivity index (χ2v) is 7.19. The Balaban J connectivity index is 1.44. The lowest BCUT2D eigenvalue weighted by atomic mass is 9.84. The number of fused-ring (bicyclic) bond motifs is 2. The fourth-order valence-electron chi connectivity index (χ4n) is 4.48. The van der Waals surface area contributed by atoms with Crippen LogP contribution in [0.3, 0.4) is 0 Å². The molecule has 28 heavy (non-hydrogen) atoms. The molecule has 7 heteroatoms. The summed E-state index contributed by atoms with van der Waals surface area (Å²) in [6.45, 7) is 1.36. The van der Waals surface area contributed by atoms with Crippen LogP contribution in [0.25, 0.3) is 0 Å². The summed E-state index contributed by atoms with van der Waals surface area (Å²) in [6.07, 6.45) is -0.247. The molecule has 3 aliphatic rings. The average molecular weight is 386 g/mol. The molecule has 0 aromatic heterocycles. The summed E-state index contributed by atoms with van der Waals surface area (Å²) in [5, 5.41) is 9.86. The standard InChI is InChI=1S/C21H22O7/c1-23-17-7-11(3-5-15(17)22)18-13-8-26-19(14(13)9-25-18)12-4-6-16-21(20(12)24-2)28-10-27-16/h3-7,13-14,18-19,22H,8-10H2,1-2H3. The summed E-state index contributed by atoms with van der Waals surface area (Å²) < 4.78 is 34.3. The van der Waals surface area contributed by atoms with Gasteiger partial charge in [0.15, 0.2) is 23.0 Å². The van der Waals surface area contributed by atoms with Gasteiger partial charge in [0.05, 0.1) is 39.6 Å². The Labute approximate surface area is 162 Å². The molecule has 2 aromatic rings. The van der Waals surface area contributed by atoms with Gasteiger partial charge in [0.1, 0.15) is 0 Å². The molecule has 0 bridgehead atoms. The molecule has 4 unspecified atom stereocenters. The number of aromatic hydroxyl groups is 1. The minimum absolute atomic E-state index is 0.107. The van der Waals surface area contributed by atoms with Crippen LogP contribution < -0.4 is 18.9 Å². The highest BCUT2D eigenvalue weighted by Gasteiger charge is 2.49. The predicted octanol–water partition coefficient (Wildman–Crippen LogP) is 3.21. The number of rotatable bonds is 4. The van der Waals surface area contributed by atoms with Crippen LogP contribution in [0.15, 0.2) is 30.3 Å². The highest BCUT2D eigenvalue weighted by molar-refractivity contribution is 5.58. The zero-order valence-electron chi connectivity index (χ0n) is 15.7. The smallest absolute Gasteiger partial charge is 0.231 e. The molecule has 2 aromatic carbocycles. The quantitative estimate of drug-likeness (QED) is 0.865. The molecule has 2 fully saturated rings. The highest BCUT2D eigenvalue weighted by atomic mass is 16.7. The summed E-state index contributed by atoms with van der Waals surface area (Å²) in [5.41, 5.74) is 1.93. The van der Waals surface area contributed by atoms with Crippen LogP contribution >= 0.6 is 0 Å². The summed E-state index contributed by atoms with van der Waals surface area (Å²) >= 11 is 0. The van der Waals surface area contributed by atoms with E-state index in [1.54, 1.807) is 13.2 Å². The number of ether oxygens (including phenoxy) is 6. The zero-order valence-corrected chi connectivity index (χ0v) is 15.7. The first-order valence-electron chi connectivity index (χ1n) is 9.28. The van der Waals surface area contributed by atoms with Gasteiger partial charge in [-0.15, -0.1) is 0 Å².